The van der Waals surface area contributed by atoms with Crippen LogP contribution >= 0.6 is 0 Å². The topological polar surface area (TPSA) is 24.5 Å². The van der Waals surface area contributed by atoms with Crippen LogP contribution in [0.15, 0.2) is 18.2 Å². The van der Waals surface area contributed by atoms with Gasteiger partial charge in [0.1, 0.15) is 5.75 Å². The van der Waals surface area contributed by atoms with Crippen LogP contribution in [-0.4, -0.2) is 25.2 Å². The van der Waals surface area contributed by atoms with Crippen LogP contribution in [0.2, 0.25) is 0 Å². The van der Waals surface area contributed by atoms with E-state index >= 15 is 0 Å². The lowest BCUT2D eigenvalue weighted by Gasteiger charge is -2.23. The van der Waals surface area contributed by atoms with Crippen LogP contribution in [0.25, 0.3) is 0 Å². The van der Waals surface area contributed by atoms with Crippen LogP contribution < -0.4 is 15.0 Å². The van der Waals surface area contributed by atoms with E-state index in [9.17, 15) is 0 Å². The first-order valence-corrected chi connectivity index (χ1v) is 7.84. The highest BCUT2D eigenvalue weighted by Gasteiger charge is 2.17. The molecule has 20 heavy (non-hydrogen) atoms. The van der Waals surface area contributed by atoms with E-state index in [-0.39, 0.29) is 6.10 Å². The predicted molar refractivity (Wildman–Crippen MR) is 85.6 cm³/mol. The molecule has 2 rings (SSSR count). The van der Waals surface area contributed by atoms with Gasteiger partial charge < -0.3 is 15.0 Å². The van der Waals surface area contributed by atoms with Gasteiger partial charge in [0.05, 0.1) is 11.8 Å². The van der Waals surface area contributed by atoms with Gasteiger partial charge in [-0.2, -0.15) is 0 Å². The molecular weight excluding hydrogens is 248 g/mol. The van der Waals surface area contributed by atoms with Crippen molar-refractivity contribution in [2.45, 2.75) is 59.2 Å². The third kappa shape index (κ3) is 4.14. The Morgan fingerprint density at radius 2 is 1.85 bits per heavy atom. The Morgan fingerprint density at radius 3 is 2.45 bits per heavy atom. The van der Waals surface area contributed by atoms with Crippen molar-refractivity contribution in [3.8, 4) is 5.75 Å². The zero-order valence-electron chi connectivity index (χ0n) is 13.3. The number of ether oxygens (including phenoxy) is 1. The monoisotopic (exact) mass is 276 g/mol. The fourth-order valence-electron chi connectivity index (χ4n) is 2.56. The molecule has 0 unspecified atom stereocenters. The standard InChI is InChI=1S/C17H28N2O/c1-13(2)18-12-15-7-8-16(19-9-5-6-10-19)17(11-15)20-14(3)4/h7-8,11,13-14,18H,5-6,9-10,12H2,1-4H3. The largest absolute Gasteiger partial charge is 0.489 e. The summed E-state index contributed by atoms with van der Waals surface area (Å²) in [6.07, 6.45) is 2.79. The average molecular weight is 276 g/mol. The molecule has 3 nitrogen and oxygen atoms in total. The first kappa shape index (κ1) is 15.2. The quantitative estimate of drug-likeness (QED) is 0.859. The van der Waals surface area contributed by atoms with Crippen LogP contribution in [0.3, 0.4) is 0 Å². The number of rotatable bonds is 6. The normalized spacial score (nSPS) is 15.4. The lowest BCUT2D eigenvalue weighted by molar-refractivity contribution is 0.242. The molecular formula is C17H28N2O. The molecule has 0 atom stereocenters. The Balaban J connectivity index is 2.17. The van der Waals surface area contributed by atoms with Crippen LogP contribution in [0.5, 0.6) is 5.75 Å². The second kappa shape index (κ2) is 6.98. The zero-order chi connectivity index (χ0) is 14.5. The molecule has 1 aliphatic heterocycles. The van der Waals surface area contributed by atoms with Gasteiger partial charge in [-0.3, -0.25) is 0 Å². The first-order valence-electron chi connectivity index (χ1n) is 7.84. The lowest BCUT2D eigenvalue weighted by Crippen LogP contribution is -2.23. The van der Waals surface area contributed by atoms with E-state index in [4.69, 9.17) is 4.74 Å². The fraction of sp³-hybridized carbons (Fsp3) is 0.647. The Bertz CT molecular complexity index is 423. The van der Waals surface area contributed by atoms with Crippen molar-refractivity contribution >= 4 is 5.69 Å². The molecule has 1 heterocycles. The van der Waals surface area contributed by atoms with E-state index in [1.54, 1.807) is 0 Å². The molecule has 0 saturated carbocycles. The average Bonchev–Trinajstić information content (AvgIpc) is 2.89. The molecule has 0 spiro atoms. The van der Waals surface area contributed by atoms with Crippen molar-refractivity contribution in [3.05, 3.63) is 23.8 Å². The number of benzene rings is 1. The fourth-order valence-corrected chi connectivity index (χ4v) is 2.56. The minimum atomic E-state index is 0.213. The Labute approximate surface area is 123 Å². The third-order valence-electron chi connectivity index (χ3n) is 3.55. The van der Waals surface area contributed by atoms with Gasteiger partial charge in [0.15, 0.2) is 0 Å². The molecule has 1 aromatic rings. The predicted octanol–water partition coefficient (Wildman–Crippen LogP) is 3.57. The van der Waals surface area contributed by atoms with E-state index in [1.807, 2.05) is 0 Å². The highest BCUT2D eigenvalue weighted by Crippen LogP contribution is 2.32. The van der Waals surface area contributed by atoms with Crippen molar-refractivity contribution in [2.24, 2.45) is 0 Å². The second-order valence-electron chi connectivity index (χ2n) is 6.20. The van der Waals surface area contributed by atoms with Gasteiger partial charge in [-0.15, -0.1) is 0 Å². The van der Waals surface area contributed by atoms with Gasteiger partial charge in [-0.1, -0.05) is 19.9 Å². The van der Waals surface area contributed by atoms with Crippen molar-refractivity contribution < 1.29 is 4.74 Å². The van der Waals surface area contributed by atoms with Gasteiger partial charge in [-0.25, -0.2) is 0 Å². The maximum absolute atomic E-state index is 6.04. The molecule has 0 aliphatic carbocycles. The summed E-state index contributed by atoms with van der Waals surface area (Å²) in [5, 5.41) is 3.46. The van der Waals surface area contributed by atoms with Crippen LogP contribution in [-0.2, 0) is 6.54 Å². The highest BCUT2D eigenvalue weighted by atomic mass is 16.5. The molecule has 112 valence electrons. The van der Waals surface area contributed by atoms with Crippen molar-refractivity contribution in [1.29, 1.82) is 0 Å². The third-order valence-corrected chi connectivity index (χ3v) is 3.55. The van der Waals surface area contributed by atoms with Crippen LogP contribution in [0.4, 0.5) is 5.69 Å². The van der Waals surface area contributed by atoms with Gasteiger partial charge in [0.2, 0.25) is 0 Å². The lowest BCUT2D eigenvalue weighted by atomic mass is 10.1. The molecule has 0 bridgehead atoms. The highest BCUT2D eigenvalue weighted by molar-refractivity contribution is 5.60. The minimum absolute atomic E-state index is 0.213. The summed E-state index contributed by atoms with van der Waals surface area (Å²) in [5.74, 6) is 1.03. The summed E-state index contributed by atoms with van der Waals surface area (Å²) in [6.45, 7) is 11.7. The van der Waals surface area contributed by atoms with Crippen molar-refractivity contribution in [3.63, 3.8) is 0 Å². The summed E-state index contributed by atoms with van der Waals surface area (Å²) in [5.41, 5.74) is 2.54. The molecule has 0 radical (unpaired) electrons. The van der Waals surface area contributed by atoms with Gasteiger partial charge in [0.25, 0.3) is 0 Å². The molecule has 0 aromatic heterocycles. The van der Waals surface area contributed by atoms with Crippen molar-refractivity contribution in [2.75, 3.05) is 18.0 Å². The summed E-state index contributed by atoms with van der Waals surface area (Å²) in [7, 11) is 0. The maximum Gasteiger partial charge on any atom is 0.143 e. The molecule has 1 aliphatic rings. The Hall–Kier alpha value is -1.22. The van der Waals surface area contributed by atoms with E-state index in [2.05, 4.69) is 56.1 Å². The maximum atomic E-state index is 6.04. The van der Waals surface area contributed by atoms with Gasteiger partial charge >= 0.3 is 0 Å². The number of nitrogens with zero attached hydrogens (tertiary/aromatic N) is 1. The van der Waals surface area contributed by atoms with E-state index in [0.717, 1.165) is 25.4 Å². The SMILES string of the molecule is CC(C)NCc1ccc(N2CCCC2)c(OC(C)C)c1. The van der Waals surface area contributed by atoms with E-state index < -0.39 is 0 Å². The Kier molecular flexibility index (Phi) is 5.30. The minimum Gasteiger partial charge on any atom is -0.489 e. The number of hydrogen-bond donors (Lipinski definition) is 1. The van der Waals surface area contributed by atoms with E-state index in [0.29, 0.717) is 6.04 Å². The molecule has 1 fully saturated rings. The zero-order valence-corrected chi connectivity index (χ0v) is 13.3. The molecule has 1 saturated heterocycles. The first-order chi connectivity index (χ1) is 9.56. The molecule has 0 amide bonds. The summed E-state index contributed by atoms with van der Waals surface area (Å²) in [4.78, 5) is 2.44. The van der Waals surface area contributed by atoms with Crippen LogP contribution in [0, 0.1) is 0 Å². The molecule has 1 aromatic carbocycles. The summed E-state index contributed by atoms with van der Waals surface area (Å²) >= 11 is 0. The molecule has 1 N–H and O–H groups in total. The summed E-state index contributed by atoms with van der Waals surface area (Å²) < 4.78 is 6.04. The number of anilines is 1. The smallest absolute Gasteiger partial charge is 0.143 e. The number of hydrogen-bond acceptors (Lipinski definition) is 3. The van der Waals surface area contributed by atoms with Gasteiger partial charge in [0, 0.05) is 25.7 Å². The van der Waals surface area contributed by atoms with Crippen LogP contribution in [0.1, 0.15) is 46.1 Å². The van der Waals surface area contributed by atoms with E-state index in [1.165, 1.54) is 24.1 Å². The second-order valence-corrected chi connectivity index (χ2v) is 6.20. The summed E-state index contributed by atoms with van der Waals surface area (Å²) in [6, 6.07) is 7.14. The van der Waals surface area contributed by atoms with Crippen molar-refractivity contribution in [1.82, 2.24) is 5.32 Å². The number of nitrogens with one attached hydrogen (secondary N) is 1. The Morgan fingerprint density at radius 1 is 1.15 bits per heavy atom. The van der Waals surface area contributed by atoms with Gasteiger partial charge in [-0.05, 0) is 44.4 Å². The molecule has 3 heteroatoms.